The maximum atomic E-state index is 9.38. The first-order valence-electron chi connectivity index (χ1n) is 6.21. The zero-order chi connectivity index (χ0) is 13.9. The highest BCUT2D eigenvalue weighted by molar-refractivity contribution is 5.75. The van der Waals surface area contributed by atoms with Crippen LogP contribution in [0.15, 0.2) is 46.9 Å². The maximum absolute atomic E-state index is 9.38. The number of rotatable bonds is 4. The van der Waals surface area contributed by atoms with Crippen molar-refractivity contribution in [2.45, 2.75) is 6.54 Å². The zero-order valence-electron chi connectivity index (χ0n) is 11.0. The molecule has 5 heteroatoms. The molecule has 2 aromatic carbocycles. The van der Waals surface area contributed by atoms with E-state index < -0.39 is 0 Å². The molecule has 0 saturated carbocycles. The van der Waals surface area contributed by atoms with Crippen LogP contribution < -0.4 is 10.1 Å². The number of fused-ring (bicyclic) bond motifs is 1. The summed E-state index contributed by atoms with van der Waals surface area (Å²) in [5, 5.41) is 12.5. The molecule has 3 aromatic rings. The number of hydrogen-bond acceptors (Lipinski definition) is 5. The van der Waals surface area contributed by atoms with Gasteiger partial charge in [-0.1, -0.05) is 12.1 Å². The summed E-state index contributed by atoms with van der Waals surface area (Å²) in [6.45, 7) is 0.600. The molecule has 3 rings (SSSR count). The number of aromatic nitrogens is 1. The van der Waals surface area contributed by atoms with E-state index in [4.69, 9.17) is 9.15 Å². The van der Waals surface area contributed by atoms with Crippen LogP contribution in [0, 0.1) is 0 Å². The third-order valence-electron chi connectivity index (χ3n) is 2.97. The van der Waals surface area contributed by atoms with E-state index >= 15 is 0 Å². The van der Waals surface area contributed by atoms with Gasteiger partial charge in [0.2, 0.25) is 0 Å². The fourth-order valence-electron chi connectivity index (χ4n) is 1.91. The van der Waals surface area contributed by atoms with Gasteiger partial charge in [0.25, 0.3) is 6.01 Å². The number of phenolic OH excluding ortho intramolecular Hbond substituents is 1. The Balaban J connectivity index is 1.72. The summed E-state index contributed by atoms with van der Waals surface area (Å²) in [5.41, 5.74) is 2.36. The molecule has 0 aliphatic rings. The van der Waals surface area contributed by atoms with Crippen LogP contribution >= 0.6 is 0 Å². The molecular weight excluding hydrogens is 256 g/mol. The summed E-state index contributed by atoms with van der Waals surface area (Å²) in [7, 11) is 1.64. The lowest BCUT2D eigenvalue weighted by Crippen LogP contribution is -1.99. The Morgan fingerprint density at radius 3 is 2.75 bits per heavy atom. The smallest absolute Gasteiger partial charge is 0.295 e. The Labute approximate surface area is 115 Å². The molecular formula is C15H14N2O3. The van der Waals surface area contributed by atoms with Crippen molar-refractivity contribution in [1.29, 1.82) is 0 Å². The molecule has 0 aliphatic carbocycles. The number of ether oxygens (including phenoxy) is 1. The first kappa shape index (κ1) is 12.3. The standard InChI is InChI=1S/C15H14N2O3/c1-19-12-5-2-10(3-6-12)9-16-15-17-13-7-4-11(18)8-14(13)20-15/h2-8,18H,9H2,1H3,(H,16,17). The van der Waals surface area contributed by atoms with E-state index in [2.05, 4.69) is 10.3 Å². The predicted octanol–water partition coefficient (Wildman–Crippen LogP) is 3.15. The fourth-order valence-corrected chi connectivity index (χ4v) is 1.91. The highest BCUT2D eigenvalue weighted by Gasteiger charge is 2.06. The molecule has 1 heterocycles. The van der Waals surface area contributed by atoms with Gasteiger partial charge in [-0.2, -0.15) is 4.98 Å². The van der Waals surface area contributed by atoms with Gasteiger partial charge in [0.1, 0.15) is 17.0 Å². The highest BCUT2D eigenvalue weighted by atomic mass is 16.5. The van der Waals surface area contributed by atoms with E-state index in [0.29, 0.717) is 23.7 Å². The number of phenols is 1. The van der Waals surface area contributed by atoms with Crippen LogP contribution in [-0.4, -0.2) is 17.2 Å². The number of methoxy groups -OCH3 is 1. The lowest BCUT2D eigenvalue weighted by Gasteiger charge is -2.03. The summed E-state index contributed by atoms with van der Waals surface area (Å²) in [6.07, 6.45) is 0. The lowest BCUT2D eigenvalue weighted by molar-refractivity contribution is 0.414. The lowest BCUT2D eigenvalue weighted by atomic mass is 10.2. The van der Waals surface area contributed by atoms with Gasteiger partial charge in [0.15, 0.2) is 5.58 Å². The Morgan fingerprint density at radius 1 is 1.20 bits per heavy atom. The van der Waals surface area contributed by atoms with Gasteiger partial charge in [-0.15, -0.1) is 0 Å². The zero-order valence-corrected chi connectivity index (χ0v) is 11.0. The van der Waals surface area contributed by atoms with Crippen LogP contribution in [0.4, 0.5) is 6.01 Å². The molecule has 20 heavy (non-hydrogen) atoms. The van der Waals surface area contributed by atoms with Crippen LogP contribution in [0.1, 0.15) is 5.56 Å². The van der Waals surface area contributed by atoms with E-state index in [0.717, 1.165) is 11.3 Å². The second-order valence-electron chi connectivity index (χ2n) is 4.37. The maximum Gasteiger partial charge on any atom is 0.295 e. The van der Waals surface area contributed by atoms with Gasteiger partial charge in [0, 0.05) is 12.6 Å². The van der Waals surface area contributed by atoms with Crippen LogP contribution in [-0.2, 0) is 6.54 Å². The average molecular weight is 270 g/mol. The van der Waals surface area contributed by atoms with Crippen molar-refractivity contribution in [3.8, 4) is 11.5 Å². The summed E-state index contributed by atoms with van der Waals surface area (Å²) < 4.78 is 10.6. The Morgan fingerprint density at radius 2 is 2.00 bits per heavy atom. The number of oxazole rings is 1. The molecule has 0 atom stereocenters. The van der Waals surface area contributed by atoms with Crippen molar-refractivity contribution in [3.63, 3.8) is 0 Å². The Hall–Kier alpha value is -2.69. The van der Waals surface area contributed by atoms with E-state index in [1.165, 1.54) is 0 Å². The number of nitrogens with one attached hydrogen (secondary N) is 1. The summed E-state index contributed by atoms with van der Waals surface area (Å²) in [5.74, 6) is 0.987. The number of hydrogen-bond donors (Lipinski definition) is 2. The quantitative estimate of drug-likeness (QED) is 0.762. The second kappa shape index (κ2) is 5.13. The predicted molar refractivity (Wildman–Crippen MR) is 76.0 cm³/mol. The minimum absolute atomic E-state index is 0.162. The van der Waals surface area contributed by atoms with Gasteiger partial charge in [-0.05, 0) is 29.8 Å². The first-order chi connectivity index (χ1) is 9.74. The minimum atomic E-state index is 0.162. The van der Waals surface area contributed by atoms with Crippen molar-refractivity contribution in [3.05, 3.63) is 48.0 Å². The monoisotopic (exact) mass is 270 g/mol. The first-order valence-corrected chi connectivity index (χ1v) is 6.21. The molecule has 0 amide bonds. The van der Waals surface area contributed by atoms with Gasteiger partial charge < -0.3 is 19.6 Å². The van der Waals surface area contributed by atoms with Gasteiger partial charge in [0.05, 0.1) is 7.11 Å². The molecule has 0 fully saturated rings. The van der Waals surface area contributed by atoms with Crippen LogP contribution in [0.2, 0.25) is 0 Å². The number of nitrogens with zero attached hydrogens (tertiary/aromatic N) is 1. The van der Waals surface area contributed by atoms with Crippen LogP contribution in [0.3, 0.4) is 0 Å². The third-order valence-corrected chi connectivity index (χ3v) is 2.97. The molecule has 0 radical (unpaired) electrons. The molecule has 0 aliphatic heterocycles. The van der Waals surface area contributed by atoms with Crippen molar-refractivity contribution in [2.24, 2.45) is 0 Å². The van der Waals surface area contributed by atoms with Crippen molar-refractivity contribution >= 4 is 17.1 Å². The highest BCUT2D eigenvalue weighted by Crippen LogP contribution is 2.23. The molecule has 0 spiro atoms. The van der Waals surface area contributed by atoms with E-state index in [1.807, 2.05) is 24.3 Å². The molecule has 5 nitrogen and oxygen atoms in total. The second-order valence-corrected chi connectivity index (χ2v) is 4.37. The van der Waals surface area contributed by atoms with Crippen LogP contribution in [0.25, 0.3) is 11.1 Å². The normalized spacial score (nSPS) is 10.7. The largest absolute Gasteiger partial charge is 0.508 e. The number of aromatic hydroxyl groups is 1. The number of benzene rings is 2. The number of anilines is 1. The molecule has 0 unspecified atom stereocenters. The summed E-state index contributed by atoms with van der Waals surface area (Å²) in [6, 6.07) is 13.0. The Bertz CT molecular complexity index is 720. The average Bonchev–Trinajstić information content (AvgIpc) is 2.87. The topological polar surface area (TPSA) is 67.5 Å². The van der Waals surface area contributed by atoms with E-state index in [1.54, 1.807) is 25.3 Å². The van der Waals surface area contributed by atoms with Gasteiger partial charge >= 0.3 is 0 Å². The van der Waals surface area contributed by atoms with Crippen LogP contribution in [0.5, 0.6) is 11.5 Å². The van der Waals surface area contributed by atoms with Gasteiger partial charge in [-0.3, -0.25) is 0 Å². The van der Waals surface area contributed by atoms with Crippen molar-refractivity contribution < 1.29 is 14.3 Å². The van der Waals surface area contributed by atoms with Crippen molar-refractivity contribution in [2.75, 3.05) is 12.4 Å². The summed E-state index contributed by atoms with van der Waals surface area (Å²) >= 11 is 0. The SMILES string of the molecule is COc1ccc(CNc2nc3ccc(O)cc3o2)cc1. The fraction of sp³-hybridized carbons (Fsp3) is 0.133. The van der Waals surface area contributed by atoms with Crippen molar-refractivity contribution in [1.82, 2.24) is 4.98 Å². The molecule has 2 N–H and O–H groups in total. The Kier molecular flexibility index (Phi) is 3.16. The van der Waals surface area contributed by atoms with E-state index in [-0.39, 0.29) is 5.75 Å². The third kappa shape index (κ3) is 2.51. The molecule has 0 bridgehead atoms. The van der Waals surface area contributed by atoms with Gasteiger partial charge in [-0.25, -0.2) is 0 Å². The molecule has 102 valence electrons. The minimum Gasteiger partial charge on any atom is -0.508 e. The summed E-state index contributed by atoms with van der Waals surface area (Å²) in [4.78, 5) is 4.29. The molecule has 1 aromatic heterocycles. The van der Waals surface area contributed by atoms with E-state index in [9.17, 15) is 5.11 Å². The molecule has 0 saturated heterocycles.